The van der Waals surface area contributed by atoms with E-state index >= 15 is 0 Å². The summed E-state index contributed by atoms with van der Waals surface area (Å²) in [6.07, 6.45) is -0.0430. The van der Waals surface area contributed by atoms with Crippen molar-refractivity contribution >= 4 is 52.8 Å². The largest absolute Gasteiger partial charge is 0.450 e. The monoisotopic (exact) mass is 486 g/mol. The van der Waals surface area contributed by atoms with Crippen LogP contribution >= 0.6 is 35.0 Å². The Kier molecular flexibility index (Phi) is 7.93. The topological polar surface area (TPSA) is 120 Å². The van der Waals surface area contributed by atoms with E-state index in [1.807, 2.05) is 4.90 Å². The summed E-state index contributed by atoms with van der Waals surface area (Å²) in [5, 5.41) is 0.780. The van der Waals surface area contributed by atoms with Crippen molar-refractivity contribution in [2.75, 3.05) is 50.0 Å². The number of carbonyl (C=O) groups is 1. The molecule has 1 aromatic carbocycles. The molecular weight excluding hydrogens is 463 g/mol. The van der Waals surface area contributed by atoms with Gasteiger partial charge < -0.3 is 21.1 Å². The molecule has 0 unspecified atom stereocenters. The van der Waals surface area contributed by atoms with Crippen LogP contribution in [0.2, 0.25) is 10.0 Å². The van der Waals surface area contributed by atoms with E-state index in [2.05, 4.69) is 9.88 Å². The summed E-state index contributed by atoms with van der Waals surface area (Å²) < 4.78 is 6.26. The lowest BCUT2D eigenvalue weighted by Gasteiger charge is -2.35. The van der Waals surface area contributed by atoms with Crippen molar-refractivity contribution in [1.82, 2.24) is 14.5 Å². The summed E-state index contributed by atoms with van der Waals surface area (Å²) in [6.45, 7) is 4.08. The van der Waals surface area contributed by atoms with Gasteiger partial charge in [-0.1, -0.05) is 41.0 Å². The molecule has 12 heteroatoms. The van der Waals surface area contributed by atoms with Gasteiger partial charge in [0.05, 0.1) is 16.7 Å². The van der Waals surface area contributed by atoms with E-state index in [4.69, 9.17) is 39.4 Å². The maximum absolute atomic E-state index is 13.0. The standard InChI is InChI=1S/C19H24Cl2N6O3S/c1-25-17(28)15(31-13-5-2-4-12(20)14(13)21)16(22)24-19(25)27-9-7-26(8-10-27)6-3-11-30-18(23)29/h2,4-5H,3,6-11,22H2,1H3,(H2,23,29). The Labute approximate surface area is 194 Å². The van der Waals surface area contributed by atoms with Crippen molar-refractivity contribution in [1.29, 1.82) is 0 Å². The second kappa shape index (κ2) is 10.4. The van der Waals surface area contributed by atoms with Gasteiger partial charge in [-0.2, -0.15) is 4.98 Å². The fourth-order valence-electron chi connectivity index (χ4n) is 3.27. The first kappa shape index (κ1) is 23.5. The molecular formula is C19H24Cl2N6O3S. The van der Waals surface area contributed by atoms with Crippen LogP contribution in [-0.4, -0.2) is 59.9 Å². The minimum atomic E-state index is -0.756. The highest BCUT2D eigenvalue weighted by Crippen LogP contribution is 2.37. The maximum Gasteiger partial charge on any atom is 0.404 e. The van der Waals surface area contributed by atoms with E-state index in [0.717, 1.165) is 31.4 Å². The summed E-state index contributed by atoms with van der Waals surface area (Å²) in [7, 11) is 1.68. The third kappa shape index (κ3) is 5.76. The van der Waals surface area contributed by atoms with Crippen molar-refractivity contribution in [3.8, 4) is 0 Å². The molecule has 1 amide bonds. The van der Waals surface area contributed by atoms with Gasteiger partial charge >= 0.3 is 6.09 Å². The third-order valence-corrected chi connectivity index (χ3v) is 6.98. The summed E-state index contributed by atoms with van der Waals surface area (Å²) in [5.74, 6) is 0.686. The smallest absolute Gasteiger partial charge is 0.404 e. The van der Waals surface area contributed by atoms with Crippen molar-refractivity contribution in [3.05, 3.63) is 38.6 Å². The van der Waals surface area contributed by atoms with Gasteiger partial charge in [-0.3, -0.25) is 14.3 Å². The van der Waals surface area contributed by atoms with Gasteiger partial charge in [0.15, 0.2) is 0 Å². The molecule has 0 bridgehead atoms. The number of nitrogens with two attached hydrogens (primary N) is 2. The Morgan fingerprint density at radius 2 is 1.97 bits per heavy atom. The molecule has 1 aromatic heterocycles. The zero-order valence-corrected chi connectivity index (χ0v) is 19.3. The summed E-state index contributed by atoms with van der Waals surface area (Å²) >= 11 is 13.5. The molecule has 0 saturated carbocycles. The quantitative estimate of drug-likeness (QED) is 0.572. The number of hydrogen-bond acceptors (Lipinski definition) is 8. The molecule has 2 aromatic rings. The van der Waals surface area contributed by atoms with Gasteiger partial charge in [-0.15, -0.1) is 0 Å². The zero-order chi connectivity index (χ0) is 22.5. The fourth-order valence-corrected chi connectivity index (χ4v) is 4.68. The van der Waals surface area contributed by atoms with E-state index in [9.17, 15) is 9.59 Å². The van der Waals surface area contributed by atoms with Crippen LogP contribution in [-0.2, 0) is 11.8 Å². The fraction of sp³-hybridized carbons (Fsp3) is 0.421. The van der Waals surface area contributed by atoms with E-state index in [0.29, 0.717) is 51.9 Å². The van der Waals surface area contributed by atoms with Gasteiger partial charge in [0.25, 0.3) is 5.56 Å². The number of primary amides is 1. The van der Waals surface area contributed by atoms with Crippen LogP contribution < -0.4 is 21.9 Å². The van der Waals surface area contributed by atoms with Crippen molar-refractivity contribution in [2.45, 2.75) is 16.2 Å². The van der Waals surface area contributed by atoms with Gasteiger partial charge in [0.1, 0.15) is 10.7 Å². The number of rotatable bonds is 7. The number of amides is 1. The lowest BCUT2D eigenvalue weighted by atomic mass is 10.3. The maximum atomic E-state index is 13.0. The Hall–Kier alpha value is -2.14. The number of nitrogen functional groups attached to an aromatic ring is 1. The molecule has 31 heavy (non-hydrogen) atoms. The summed E-state index contributed by atoms with van der Waals surface area (Å²) in [6, 6.07) is 5.22. The van der Waals surface area contributed by atoms with E-state index in [1.54, 1.807) is 25.2 Å². The highest BCUT2D eigenvalue weighted by atomic mass is 35.5. The van der Waals surface area contributed by atoms with Crippen LogP contribution in [0.5, 0.6) is 0 Å². The molecule has 9 nitrogen and oxygen atoms in total. The number of hydrogen-bond donors (Lipinski definition) is 2. The van der Waals surface area contributed by atoms with Gasteiger partial charge in [-0.05, 0) is 18.6 Å². The van der Waals surface area contributed by atoms with Crippen LogP contribution in [0.1, 0.15) is 6.42 Å². The third-order valence-electron chi connectivity index (χ3n) is 4.90. The average molecular weight is 487 g/mol. The van der Waals surface area contributed by atoms with Crippen LogP contribution in [0, 0.1) is 0 Å². The number of halogens is 2. The Morgan fingerprint density at radius 3 is 2.65 bits per heavy atom. The molecule has 0 radical (unpaired) electrons. The first-order valence-electron chi connectivity index (χ1n) is 9.66. The number of ether oxygens (including phenoxy) is 1. The Morgan fingerprint density at radius 1 is 1.26 bits per heavy atom. The van der Waals surface area contributed by atoms with Crippen LogP contribution in [0.15, 0.2) is 32.8 Å². The zero-order valence-electron chi connectivity index (χ0n) is 17.0. The molecule has 2 heterocycles. The van der Waals surface area contributed by atoms with Crippen molar-refractivity contribution in [3.63, 3.8) is 0 Å². The minimum absolute atomic E-state index is 0.158. The van der Waals surface area contributed by atoms with Gasteiger partial charge in [-0.25, -0.2) is 4.79 Å². The van der Waals surface area contributed by atoms with Crippen molar-refractivity contribution < 1.29 is 9.53 Å². The predicted octanol–water partition coefficient (Wildman–Crippen LogP) is 2.43. The van der Waals surface area contributed by atoms with E-state index in [-0.39, 0.29) is 11.4 Å². The Bertz CT molecular complexity index is 1010. The number of benzene rings is 1. The molecule has 1 aliphatic rings. The van der Waals surface area contributed by atoms with Crippen molar-refractivity contribution in [2.24, 2.45) is 12.8 Å². The highest BCUT2D eigenvalue weighted by Gasteiger charge is 2.23. The molecule has 0 aliphatic carbocycles. The number of aromatic nitrogens is 2. The molecule has 0 atom stereocenters. The molecule has 0 spiro atoms. The van der Waals surface area contributed by atoms with E-state index < -0.39 is 6.09 Å². The molecule has 1 aliphatic heterocycles. The SMILES string of the molecule is Cn1c(N2CCN(CCCOC(N)=O)CC2)nc(N)c(Sc2cccc(Cl)c2Cl)c1=O. The number of carbonyl (C=O) groups excluding carboxylic acids is 1. The summed E-state index contributed by atoms with van der Waals surface area (Å²) in [5.41, 5.74) is 10.9. The van der Waals surface area contributed by atoms with E-state index in [1.165, 1.54) is 4.57 Å². The van der Waals surface area contributed by atoms with Crippen LogP contribution in [0.3, 0.4) is 0 Å². The Balaban J connectivity index is 1.68. The number of nitrogens with zero attached hydrogens (tertiary/aromatic N) is 4. The first-order chi connectivity index (χ1) is 14.8. The summed E-state index contributed by atoms with van der Waals surface area (Å²) in [4.78, 5) is 33.4. The number of piperazine rings is 1. The minimum Gasteiger partial charge on any atom is -0.450 e. The first-order valence-corrected chi connectivity index (χ1v) is 11.2. The molecule has 1 fully saturated rings. The average Bonchev–Trinajstić information content (AvgIpc) is 2.74. The van der Waals surface area contributed by atoms with Gasteiger partial charge in [0, 0.05) is 44.7 Å². The molecule has 3 rings (SSSR count). The number of anilines is 2. The molecule has 1 saturated heterocycles. The highest BCUT2D eigenvalue weighted by molar-refractivity contribution is 7.99. The van der Waals surface area contributed by atoms with Crippen LogP contribution in [0.4, 0.5) is 16.6 Å². The lowest BCUT2D eigenvalue weighted by Crippen LogP contribution is -2.48. The molecule has 168 valence electrons. The van der Waals surface area contributed by atoms with Crippen LogP contribution in [0.25, 0.3) is 0 Å². The second-order valence-electron chi connectivity index (χ2n) is 6.99. The normalized spacial score (nSPS) is 14.6. The predicted molar refractivity (Wildman–Crippen MR) is 123 cm³/mol. The lowest BCUT2D eigenvalue weighted by molar-refractivity contribution is 0.146. The van der Waals surface area contributed by atoms with Gasteiger partial charge in [0.2, 0.25) is 5.95 Å². The second-order valence-corrected chi connectivity index (χ2v) is 8.83. The molecule has 4 N–H and O–H groups in total.